The average molecular weight is 269 g/mol. The van der Waals surface area contributed by atoms with Crippen LogP contribution in [-0.4, -0.2) is 21.0 Å². The molecule has 0 fully saturated rings. The Balaban J connectivity index is 2.96. The first kappa shape index (κ1) is 12.9. The van der Waals surface area contributed by atoms with Crippen LogP contribution < -0.4 is 10.5 Å². The fourth-order valence-electron chi connectivity index (χ4n) is 0.935. The lowest BCUT2D eigenvalue weighted by Gasteiger charge is -2.09. The highest BCUT2D eigenvalue weighted by atomic mass is 35.5. The minimum Gasteiger partial charge on any atom is -0.329 e. The van der Waals surface area contributed by atoms with E-state index in [9.17, 15) is 8.42 Å². The van der Waals surface area contributed by atoms with E-state index < -0.39 is 10.0 Å². The Kier molecular flexibility index (Phi) is 4.13. The highest BCUT2D eigenvalue weighted by molar-refractivity contribution is 7.91. The number of nitrogens with two attached hydrogens (primary N) is 1. The molecule has 1 rings (SSSR count). The van der Waals surface area contributed by atoms with Crippen LogP contribution in [-0.2, 0) is 10.0 Å². The number of nitrogens with one attached hydrogen (secondary N) is 1. The molecule has 0 saturated heterocycles. The van der Waals surface area contributed by atoms with Gasteiger partial charge in [0.1, 0.15) is 4.21 Å². The van der Waals surface area contributed by atoms with Gasteiger partial charge in [0.05, 0.1) is 4.34 Å². The van der Waals surface area contributed by atoms with Crippen LogP contribution in [0.5, 0.6) is 0 Å². The summed E-state index contributed by atoms with van der Waals surface area (Å²) >= 11 is 6.86. The molecule has 1 aromatic rings. The third-order valence-electron chi connectivity index (χ3n) is 1.81. The summed E-state index contributed by atoms with van der Waals surface area (Å²) in [6, 6.07) is 1.27. The number of aryl methyl sites for hydroxylation is 1. The predicted octanol–water partition coefficient (Wildman–Crippen LogP) is 1.34. The van der Waals surface area contributed by atoms with Gasteiger partial charge in [-0.05, 0) is 25.5 Å². The maximum atomic E-state index is 11.8. The van der Waals surface area contributed by atoms with Crippen molar-refractivity contribution in [2.75, 3.05) is 6.54 Å². The van der Waals surface area contributed by atoms with E-state index in [4.69, 9.17) is 17.3 Å². The molecule has 0 aliphatic carbocycles. The van der Waals surface area contributed by atoms with Crippen LogP contribution in [0.1, 0.15) is 12.5 Å². The minimum atomic E-state index is -3.47. The summed E-state index contributed by atoms with van der Waals surface area (Å²) in [5, 5.41) is 0. The van der Waals surface area contributed by atoms with Crippen LogP contribution in [0.3, 0.4) is 0 Å². The normalized spacial score (nSPS) is 14.1. The summed E-state index contributed by atoms with van der Waals surface area (Å²) in [5.74, 6) is 0. The molecule has 3 N–H and O–H groups in total. The van der Waals surface area contributed by atoms with Crippen LogP contribution in [0, 0.1) is 6.92 Å². The Morgan fingerprint density at radius 1 is 1.67 bits per heavy atom. The van der Waals surface area contributed by atoms with Crippen molar-refractivity contribution in [3.63, 3.8) is 0 Å². The van der Waals surface area contributed by atoms with Crippen molar-refractivity contribution in [3.05, 3.63) is 16.0 Å². The van der Waals surface area contributed by atoms with Crippen LogP contribution in [0.4, 0.5) is 0 Å². The second-order valence-electron chi connectivity index (χ2n) is 3.28. The SMILES string of the molecule is Cc1cc(S(=O)(=O)N[C@@H](C)CN)sc1Cl. The van der Waals surface area contributed by atoms with Gasteiger partial charge in [-0.3, -0.25) is 0 Å². The molecule has 1 aromatic heterocycles. The van der Waals surface area contributed by atoms with E-state index >= 15 is 0 Å². The van der Waals surface area contributed by atoms with Crippen LogP contribution in [0.15, 0.2) is 10.3 Å². The largest absolute Gasteiger partial charge is 0.329 e. The molecule has 7 heteroatoms. The van der Waals surface area contributed by atoms with Gasteiger partial charge in [-0.25, -0.2) is 13.1 Å². The van der Waals surface area contributed by atoms with Crippen LogP contribution in [0.25, 0.3) is 0 Å². The van der Waals surface area contributed by atoms with Gasteiger partial charge in [0, 0.05) is 12.6 Å². The van der Waals surface area contributed by atoms with E-state index in [1.54, 1.807) is 19.9 Å². The summed E-state index contributed by atoms with van der Waals surface area (Å²) in [7, 11) is -3.47. The zero-order chi connectivity index (χ0) is 11.6. The summed E-state index contributed by atoms with van der Waals surface area (Å²) in [4.78, 5) is 0. The van der Waals surface area contributed by atoms with E-state index in [1.807, 2.05) is 0 Å². The second kappa shape index (κ2) is 4.80. The molecule has 15 heavy (non-hydrogen) atoms. The van der Waals surface area contributed by atoms with Gasteiger partial charge < -0.3 is 5.73 Å². The number of halogens is 1. The molecule has 0 spiro atoms. The van der Waals surface area contributed by atoms with Gasteiger partial charge in [0.25, 0.3) is 0 Å². The van der Waals surface area contributed by atoms with Crippen molar-refractivity contribution < 1.29 is 8.42 Å². The molecule has 0 aliphatic heterocycles. The average Bonchev–Trinajstić information content (AvgIpc) is 2.47. The fraction of sp³-hybridized carbons (Fsp3) is 0.500. The summed E-state index contributed by atoms with van der Waals surface area (Å²) in [6.07, 6.45) is 0. The number of sulfonamides is 1. The lowest BCUT2D eigenvalue weighted by atomic mass is 10.4. The van der Waals surface area contributed by atoms with Crippen molar-refractivity contribution >= 4 is 33.0 Å². The maximum absolute atomic E-state index is 11.8. The molecule has 86 valence electrons. The number of hydrogen-bond donors (Lipinski definition) is 2. The number of hydrogen-bond acceptors (Lipinski definition) is 4. The van der Waals surface area contributed by atoms with E-state index in [-0.39, 0.29) is 16.8 Å². The van der Waals surface area contributed by atoms with Crippen LogP contribution >= 0.6 is 22.9 Å². The van der Waals surface area contributed by atoms with Crippen molar-refractivity contribution in [2.24, 2.45) is 5.73 Å². The summed E-state index contributed by atoms with van der Waals surface area (Å²) in [6.45, 7) is 3.74. The van der Waals surface area contributed by atoms with Gasteiger partial charge in [0.2, 0.25) is 10.0 Å². The minimum absolute atomic E-state index is 0.227. The van der Waals surface area contributed by atoms with Crippen molar-refractivity contribution in [1.29, 1.82) is 0 Å². The summed E-state index contributed by atoms with van der Waals surface area (Å²) < 4.78 is 26.7. The van der Waals surface area contributed by atoms with E-state index in [2.05, 4.69) is 4.72 Å². The van der Waals surface area contributed by atoms with Gasteiger partial charge in [-0.2, -0.15) is 0 Å². The first-order valence-electron chi connectivity index (χ1n) is 4.35. The van der Waals surface area contributed by atoms with Crippen LogP contribution in [0.2, 0.25) is 4.34 Å². The number of thiophene rings is 1. The van der Waals surface area contributed by atoms with E-state index in [0.717, 1.165) is 16.9 Å². The molecule has 0 bridgehead atoms. The Hall–Kier alpha value is -0.140. The Bertz CT molecular complexity index is 422. The first-order chi connectivity index (χ1) is 6.86. The third kappa shape index (κ3) is 3.15. The van der Waals surface area contributed by atoms with E-state index in [1.165, 1.54) is 0 Å². The predicted molar refractivity (Wildman–Crippen MR) is 62.9 cm³/mol. The standard InChI is InChI=1S/C8H13ClN2O2S2/c1-5-3-7(14-8(5)9)15(12,13)11-6(2)4-10/h3,6,11H,4,10H2,1-2H3/t6-/m0/s1. The maximum Gasteiger partial charge on any atom is 0.250 e. The Morgan fingerprint density at radius 3 is 2.67 bits per heavy atom. The monoisotopic (exact) mass is 268 g/mol. The molecule has 0 aliphatic rings. The zero-order valence-corrected chi connectivity index (χ0v) is 10.8. The van der Waals surface area contributed by atoms with Gasteiger partial charge >= 0.3 is 0 Å². The first-order valence-corrected chi connectivity index (χ1v) is 7.03. The van der Waals surface area contributed by atoms with Crippen molar-refractivity contribution in [2.45, 2.75) is 24.1 Å². The quantitative estimate of drug-likeness (QED) is 0.866. The highest BCUT2D eigenvalue weighted by Gasteiger charge is 2.19. The van der Waals surface area contributed by atoms with Gasteiger partial charge in [0.15, 0.2) is 0 Å². The van der Waals surface area contributed by atoms with Gasteiger partial charge in [-0.1, -0.05) is 11.6 Å². The number of rotatable bonds is 4. The second-order valence-corrected chi connectivity index (χ2v) is 6.88. The van der Waals surface area contributed by atoms with E-state index in [0.29, 0.717) is 4.34 Å². The zero-order valence-electron chi connectivity index (χ0n) is 8.45. The summed E-state index contributed by atoms with van der Waals surface area (Å²) in [5.41, 5.74) is 6.11. The molecule has 0 radical (unpaired) electrons. The molecule has 0 unspecified atom stereocenters. The Morgan fingerprint density at radius 2 is 2.27 bits per heavy atom. The molecule has 1 atom stereocenters. The van der Waals surface area contributed by atoms with Crippen molar-refractivity contribution in [1.82, 2.24) is 4.72 Å². The van der Waals surface area contributed by atoms with Crippen molar-refractivity contribution in [3.8, 4) is 0 Å². The lowest BCUT2D eigenvalue weighted by Crippen LogP contribution is -2.37. The Labute approximate surface area is 98.5 Å². The molecular formula is C8H13ClN2O2S2. The van der Waals surface area contributed by atoms with Gasteiger partial charge in [-0.15, -0.1) is 11.3 Å². The molecule has 0 saturated carbocycles. The lowest BCUT2D eigenvalue weighted by molar-refractivity contribution is 0.564. The molecular weight excluding hydrogens is 256 g/mol. The fourth-order valence-corrected chi connectivity index (χ4v) is 3.92. The molecule has 0 amide bonds. The molecule has 1 heterocycles. The smallest absolute Gasteiger partial charge is 0.250 e. The highest BCUT2D eigenvalue weighted by Crippen LogP contribution is 2.29. The molecule has 4 nitrogen and oxygen atoms in total. The third-order valence-corrected chi connectivity index (χ3v) is 5.43. The topological polar surface area (TPSA) is 72.2 Å². The molecule has 0 aromatic carbocycles.